The molecule has 1 amide bonds. The molecular weight excluding hydrogens is 360 g/mol. The molecule has 1 atom stereocenters. The third-order valence-electron chi connectivity index (χ3n) is 5.17. The van der Waals surface area contributed by atoms with E-state index in [9.17, 15) is 9.59 Å². The molecule has 0 bridgehead atoms. The predicted octanol–water partition coefficient (Wildman–Crippen LogP) is 1.43. The van der Waals surface area contributed by atoms with Crippen LogP contribution in [-0.4, -0.2) is 32.9 Å². The number of hydrogen-bond donors (Lipinski definition) is 1. The number of nitrogens with zero attached hydrogens (tertiary/aromatic N) is 3. The number of benzene rings is 1. The first-order valence-electron chi connectivity index (χ1n) is 9.02. The number of aromatic nitrogens is 3. The molecule has 28 heavy (non-hydrogen) atoms. The molecule has 1 N–H and O–H groups in total. The van der Waals surface area contributed by atoms with Crippen LogP contribution in [0.3, 0.4) is 0 Å². The van der Waals surface area contributed by atoms with Gasteiger partial charge < -0.3 is 19.4 Å². The standard InChI is InChI=1S/C20H18N4O4/c1-12-4-5-24(14-2-3-16-17(7-14)28-11-27-16)20(26)18(12)19(25)22-13-6-15-8-21-10-23(15)9-13/h2-5,7-8,10,13H,6,9,11H2,1H3,(H,22,25). The molecule has 0 radical (unpaired) electrons. The van der Waals surface area contributed by atoms with Crippen LogP contribution in [0.25, 0.3) is 5.69 Å². The maximum Gasteiger partial charge on any atom is 0.268 e. The molecule has 3 aromatic rings. The van der Waals surface area contributed by atoms with E-state index in [0.717, 1.165) is 5.69 Å². The zero-order chi connectivity index (χ0) is 19.3. The highest BCUT2D eigenvalue weighted by Crippen LogP contribution is 2.33. The van der Waals surface area contributed by atoms with Crippen LogP contribution in [-0.2, 0) is 13.0 Å². The minimum Gasteiger partial charge on any atom is -0.454 e. The van der Waals surface area contributed by atoms with Crippen molar-refractivity contribution in [2.24, 2.45) is 0 Å². The maximum absolute atomic E-state index is 13.1. The van der Waals surface area contributed by atoms with E-state index >= 15 is 0 Å². The van der Waals surface area contributed by atoms with Crippen LogP contribution in [0.4, 0.5) is 0 Å². The summed E-state index contributed by atoms with van der Waals surface area (Å²) in [6.07, 6.45) is 5.92. The van der Waals surface area contributed by atoms with Gasteiger partial charge in [0.05, 0.1) is 18.1 Å². The van der Waals surface area contributed by atoms with Crippen molar-refractivity contribution in [1.82, 2.24) is 19.4 Å². The number of carbonyl (C=O) groups is 1. The lowest BCUT2D eigenvalue weighted by Gasteiger charge is -2.15. The fraction of sp³-hybridized carbons (Fsp3) is 0.250. The Kier molecular flexibility index (Phi) is 3.71. The Morgan fingerprint density at radius 2 is 2.11 bits per heavy atom. The zero-order valence-electron chi connectivity index (χ0n) is 15.2. The molecule has 142 valence electrons. The second-order valence-electron chi connectivity index (χ2n) is 7.00. The number of rotatable bonds is 3. The van der Waals surface area contributed by atoms with Gasteiger partial charge >= 0.3 is 0 Å². The Morgan fingerprint density at radius 3 is 2.96 bits per heavy atom. The number of fused-ring (bicyclic) bond motifs is 2. The lowest BCUT2D eigenvalue weighted by atomic mass is 10.1. The number of ether oxygens (including phenoxy) is 2. The van der Waals surface area contributed by atoms with Crippen LogP contribution in [0.2, 0.25) is 0 Å². The molecule has 1 aromatic carbocycles. The first kappa shape index (κ1) is 16.6. The molecule has 2 aliphatic heterocycles. The molecule has 1 unspecified atom stereocenters. The highest BCUT2D eigenvalue weighted by molar-refractivity contribution is 5.95. The van der Waals surface area contributed by atoms with Gasteiger partial charge in [-0.15, -0.1) is 0 Å². The molecule has 2 aliphatic rings. The van der Waals surface area contributed by atoms with Gasteiger partial charge in [0.15, 0.2) is 11.5 Å². The number of nitrogens with one attached hydrogen (secondary N) is 1. The first-order valence-corrected chi connectivity index (χ1v) is 9.02. The summed E-state index contributed by atoms with van der Waals surface area (Å²) in [5, 5.41) is 2.98. The summed E-state index contributed by atoms with van der Waals surface area (Å²) in [5.41, 5.74) is 2.11. The van der Waals surface area contributed by atoms with E-state index in [4.69, 9.17) is 9.47 Å². The molecule has 0 aliphatic carbocycles. The highest BCUT2D eigenvalue weighted by atomic mass is 16.7. The van der Waals surface area contributed by atoms with Gasteiger partial charge in [-0.3, -0.25) is 14.2 Å². The third kappa shape index (κ3) is 2.65. The zero-order valence-corrected chi connectivity index (χ0v) is 15.2. The van der Waals surface area contributed by atoms with E-state index in [1.165, 1.54) is 4.57 Å². The van der Waals surface area contributed by atoms with Crippen LogP contribution in [0.5, 0.6) is 11.5 Å². The molecule has 2 aromatic heterocycles. The van der Waals surface area contributed by atoms with Gasteiger partial charge in [0.25, 0.3) is 11.5 Å². The monoisotopic (exact) mass is 378 g/mol. The molecule has 0 saturated heterocycles. The Morgan fingerprint density at radius 1 is 1.25 bits per heavy atom. The Hall–Kier alpha value is -3.55. The normalized spacial score (nSPS) is 16.8. The van der Waals surface area contributed by atoms with Crippen molar-refractivity contribution in [2.45, 2.75) is 25.9 Å². The molecule has 0 saturated carbocycles. The van der Waals surface area contributed by atoms with Crippen molar-refractivity contribution in [1.29, 1.82) is 0 Å². The number of carbonyl (C=O) groups excluding carboxylic acids is 1. The molecule has 8 nitrogen and oxygen atoms in total. The number of imidazole rings is 1. The average Bonchev–Trinajstić information content (AvgIpc) is 3.37. The fourth-order valence-electron chi connectivity index (χ4n) is 3.73. The van der Waals surface area contributed by atoms with Crippen molar-refractivity contribution < 1.29 is 14.3 Å². The molecule has 0 spiro atoms. The Balaban J connectivity index is 1.45. The molecular formula is C20H18N4O4. The van der Waals surface area contributed by atoms with Gasteiger partial charge in [-0.05, 0) is 30.7 Å². The third-order valence-corrected chi connectivity index (χ3v) is 5.17. The second kappa shape index (κ2) is 6.26. The predicted molar refractivity (Wildman–Crippen MR) is 100 cm³/mol. The van der Waals surface area contributed by atoms with E-state index in [1.807, 2.05) is 4.57 Å². The van der Waals surface area contributed by atoms with E-state index in [1.54, 1.807) is 49.9 Å². The fourth-order valence-corrected chi connectivity index (χ4v) is 3.73. The number of hydrogen-bond acceptors (Lipinski definition) is 5. The largest absolute Gasteiger partial charge is 0.454 e. The van der Waals surface area contributed by atoms with Gasteiger partial charge in [-0.1, -0.05) is 0 Å². The van der Waals surface area contributed by atoms with Gasteiger partial charge in [0.1, 0.15) is 5.56 Å². The molecule has 0 fully saturated rings. The maximum atomic E-state index is 13.1. The van der Waals surface area contributed by atoms with Crippen LogP contribution in [0, 0.1) is 6.92 Å². The van der Waals surface area contributed by atoms with Crippen molar-refractivity contribution >= 4 is 5.91 Å². The summed E-state index contributed by atoms with van der Waals surface area (Å²) < 4.78 is 14.2. The highest BCUT2D eigenvalue weighted by Gasteiger charge is 2.25. The summed E-state index contributed by atoms with van der Waals surface area (Å²) in [5.74, 6) is 0.861. The second-order valence-corrected chi connectivity index (χ2v) is 7.00. The first-order chi connectivity index (χ1) is 13.6. The lowest BCUT2D eigenvalue weighted by molar-refractivity contribution is 0.0934. The summed E-state index contributed by atoms with van der Waals surface area (Å²) in [4.78, 5) is 30.1. The lowest BCUT2D eigenvalue weighted by Crippen LogP contribution is -2.40. The van der Waals surface area contributed by atoms with Gasteiger partial charge in [0.2, 0.25) is 6.79 Å². The molecule has 4 heterocycles. The van der Waals surface area contributed by atoms with Gasteiger partial charge in [-0.25, -0.2) is 4.98 Å². The topological polar surface area (TPSA) is 87.4 Å². The Labute approximate surface area is 160 Å². The van der Waals surface area contributed by atoms with Crippen molar-refractivity contribution in [3.05, 3.63) is 70.2 Å². The van der Waals surface area contributed by atoms with Crippen LogP contribution >= 0.6 is 0 Å². The average molecular weight is 378 g/mol. The smallest absolute Gasteiger partial charge is 0.268 e. The summed E-state index contributed by atoms with van der Waals surface area (Å²) in [6, 6.07) is 6.97. The van der Waals surface area contributed by atoms with E-state index in [2.05, 4.69) is 10.3 Å². The van der Waals surface area contributed by atoms with E-state index in [0.29, 0.717) is 35.7 Å². The van der Waals surface area contributed by atoms with Crippen molar-refractivity contribution in [2.75, 3.05) is 6.79 Å². The number of aryl methyl sites for hydroxylation is 1. The van der Waals surface area contributed by atoms with Crippen molar-refractivity contribution in [3.63, 3.8) is 0 Å². The molecule has 8 heteroatoms. The molecule has 5 rings (SSSR count). The van der Waals surface area contributed by atoms with Crippen LogP contribution < -0.4 is 20.3 Å². The summed E-state index contributed by atoms with van der Waals surface area (Å²) >= 11 is 0. The Bertz CT molecular complexity index is 1130. The SMILES string of the molecule is Cc1ccn(-c2ccc3c(c2)OCO3)c(=O)c1C(=O)NC1Cc2cncn2C1. The number of amides is 1. The quantitative estimate of drug-likeness (QED) is 0.745. The van der Waals surface area contributed by atoms with E-state index < -0.39 is 0 Å². The van der Waals surface area contributed by atoms with Crippen LogP contribution in [0.15, 0.2) is 47.8 Å². The van der Waals surface area contributed by atoms with E-state index in [-0.39, 0.29) is 29.9 Å². The minimum absolute atomic E-state index is 0.0523. The minimum atomic E-state index is -0.365. The summed E-state index contributed by atoms with van der Waals surface area (Å²) in [7, 11) is 0. The van der Waals surface area contributed by atoms with Crippen LogP contribution in [0.1, 0.15) is 21.6 Å². The van der Waals surface area contributed by atoms with Gasteiger partial charge in [-0.2, -0.15) is 0 Å². The van der Waals surface area contributed by atoms with Gasteiger partial charge in [0, 0.05) is 37.1 Å². The summed E-state index contributed by atoms with van der Waals surface area (Å²) in [6.45, 7) is 2.58. The van der Waals surface area contributed by atoms with Crippen molar-refractivity contribution in [3.8, 4) is 17.2 Å². The number of pyridine rings is 1.